The van der Waals surface area contributed by atoms with Gasteiger partial charge in [0.05, 0.1) is 23.4 Å². The van der Waals surface area contributed by atoms with Gasteiger partial charge in [0, 0.05) is 24.5 Å². The van der Waals surface area contributed by atoms with Crippen LogP contribution in [0.4, 0.5) is 0 Å². The zero-order valence-electron chi connectivity index (χ0n) is 13.4. The minimum atomic E-state index is -3.28. The number of aryl methyl sites for hydroxylation is 1. The zero-order valence-corrected chi connectivity index (χ0v) is 15.0. The molecular formula is C14H23N3O3S2. The van der Waals surface area contributed by atoms with Crippen molar-refractivity contribution in [1.82, 2.24) is 14.6 Å². The number of hydrogen-bond donors (Lipinski definition) is 1. The summed E-state index contributed by atoms with van der Waals surface area (Å²) in [5.41, 5.74) is 0.785. The number of carbonyl (C=O) groups is 1. The van der Waals surface area contributed by atoms with Gasteiger partial charge in [0.1, 0.15) is 0 Å². The molecule has 1 aromatic rings. The molecule has 0 aromatic carbocycles. The van der Waals surface area contributed by atoms with Crippen LogP contribution in [-0.4, -0.2) is 49.6 Å². The molecule has 1 aliphatic rings. The van der Waals surface area contributed by atoms with E-state index in [1.807, 2.05) is 12.3 Å². The fourth-order valence-electron chi connectivity index (χ4n) is 2.86. The Morgan fingerprint density at radius 1 is 1.50 bits per heavy atom. The minimum absolute atomic E-state index is 0.00810. The highest BCUT2D eigenvalue weighted by molar-refractivity contribution is 7.88. The number of nitrogens with one attached hydrogen (secondary N) is 1. The van der Waals surface area contributed by atoms with Crippen LogP contribution in [-0.2, 0) is 21.2 Å². The molecule has 0 bridgehead atoms. The van der Waals surface area contributed by atoms with E-state index in [1.165, 1.54) is 11.3 Å². The van der Waals surface area contributed by atoms with E-state index in [2.05, 4.69) is 23.6 Å². The van der Waals surface area contributed by atoms with E-state index < -0.39 is 10.0 Å². The van der Waals surface area contributed by atoms with Crippen LogP contribution in [0.15, 0.2) is 5.38 Å². The van der Waals surface area contributed by atoms with Crippen LogP contribution >= 0.6 is 11.3 Å². The number of likely N-dealkylation sites (tertiary alicyclic amines) is 1. The number of nitrogens with zero attached hydrogens (tertiary/aromatic N) is 2. The van der Waals surface area contributed by atoms with Crippen molar-refractivity contribution in [3.8, 4) is 0 Å². The molecule has 0 aliphatic carbocycles. The second kappa shape index (κ2) is 6.64. The van der Waals surface area contributed by atoms with Crippen LogP contribution in [0, 0.1) is 18.8 Å². The van der Waals surface area contributed by atoms with E-state index >= 15 is 0 Å². The van der Waals surface area contributed by atoms with Gasteiger partial charge in [-0.2, -0.15) is 0 Å². The number of rotatable bonds is 5. The lowest BCUT2D eigenvalue weighted by atomic mass is 9.92. The Morgan fingerprint density at radius 3 is 2.68 bits per heavy atom. The van der Waals surface area contributed by atoms with Gasteiger partial charge in [-0.15, -0.1) is 11.3 Å². The number of carbonyl (C=O) groups excluding carboxylic acids is 1. The molecule has 1 fully saturated rings. The zero-order chi connectivity index (χ0) is 16.5. The minimum Gasteiger partial charge on any atom is -0.340 e. The Labute approximate surface area is 136 Å². The van der Waals surface area contributed by atoms with Gasteiger partial charge in [-0.05, 0) is 18.8 Å². The van der Waals surface area contributed by atoms with Crippen molar-refractivity contribution in [3.63, 3.8) is 0 Å². The number of aromatic nitrogens is 1. The maximum absolute atomic E-state index is 12.4. The average molecular weight is 345 g/mol. The SMILES string of the molecule is Cc1nc(CC(=O)N2C[C@@H](NS(C)(=O)=O)[C@H](C(C)C)C2)cs1. The lowest BCUT2D eigenvalue weighted by Gasteiger charge is -2.21. The fraction of sp³-hybridized carbons (Fsp3) is 0.714. The van der Waals surface area contributed by atoms with E-state index in [1.54, 1.807) is 4.90 Å². The first-order valence-corrected chi connectivity index (χ1v) is 10.1. The van der Waals surface area contributed by atoms with Crippen LogP contribution in [0.2, 0.25) is 0 Å². The Hall–Kier alpha value is -0.990. The first-order valence-electron chi connectivity index (χ1n) is 7.32. The van der Waals surface area contributed by atoms with Crippen LogP contribution in [0.5, 0.6) is 0 Å². The van der Waals surface area contributed by atoms with E-state index in [4.69, 9.17) is 0 Å². The standard InChI is InChI=1S/C14H23N3O3S2/c1-9(2)12-6-17(7-13(12)16-22(4,19)20)14(18)5-11-8-21-10(3)15-11/h8-9,12-13,16H,5-7H2,1-4H3/t12-,13+/m0/s1. The van der Waals surface area contributed by atoms with E-state index in [9.17, 15) is 13.2 Å². The molecule has 1 aromatic heterocycles. The summed E-state index contributed by atoms with van der Waals surface area (Å²) in [5, 5.41) is 2.84. The van der Waals surface area contributed by atoms with Gasteiger partial charge in [0.25, 0.3) is 0 Å². The molecule has 22 heavy (non-hydrogen) atoms. The third-order valence-corrected chi connectivity index (χ3v) is 5.49. The molecule has 6 nitrogen and oxygen atoms in total. The molecule has 2 rings (SSSR count). The van der Waals surface area contributed by atoms with Gasteiger partial charge in [-0.25, -0.2) is 18.1 Å². The maximum atomic E-state index is 12.4. The number of sulfonamides is 1. The summed E-state index contributed by atoms with van der Waals surface area (Å²) in [6.45, 7) is 7.04. The predicted molar refractivity (Wildman–Crippen MR) is 87.2 cm³/mol. The largest absolute Gasteiger partial charge is 0.340 e. The Morgan fingerprint density at radius 2 is 2.18 bits per heavy atom. The third-order valence-electron chi connectivity index (χ3n) is 3.94. The highest BCUT2D eigenvalue weighted by Gasteiger charge is 2.38. The Bertz CT molecular complexity index is 640. The number of hydrogen-bond acceptors (Lipinski definition) is 5. The molecule has 1 saturated heterocycles. The molecule has 1 aliphatic heterocycles. The van der Waals surface area contributed by atoms with Gasteiger partial charge in [-0.1, -0.05) is 13.8 Å². The Kier molecular flexibility index (Phi) is 5.24. The summed E-state index contributed by atoms with van der Waals surface area (Å²) < 4.78 is 25.7. The van der Waals surface area contributed by atoms with Crippen molar-refractivity contribution in [1.29, 1.82) is 0 Å². The normalized spacial score (nSPS) is 22.5. The predicted octanol–water partition coefficient (Wildman–Crippen LogP) is 1.03. The second-order valence-corrected chi connectivity index (χ2v) is 9.08. The maximum Gasteiger partial charge on any atom is 0.228 e. The lowest BCUT2D eigenvalue weighted by molar-refractivity contribution is -0.129. The number of amides is 1. The molecule has 0 unspecified atom stereocenters. The first kappa shape index (κ1) is 17.4. The van der Waals surface area contributed by atoms with Gasteiger partial charge < -0.3 is 4.90 Å². The van der Waals surface area contributed by atoms with Crippen LogP contribution in [0.25, 0.3) is 0 Å². The highest BCUT2D eigenvalue weighted by atomic mass is 32.2. The van der Waals surface area contributed by atoms with E-state index in [-0.39, 0.29) is 24.3 Å². The quantitative estimate of drug-likeness (QED) is 0.864. The van der Waals surface area contributed by atoms with Crippen molar-refractivity contribution in [2.75, 3.05) is 19.3 Å². The molecular weight excluding hydrogens is 322 g/mol. The van der Waals surface area contributed by atoms with Crippen molar-refractivity contribution in [2.45, 2.75) is 33.2 Å². The second-order valence-electron chi connectivity index (χ2n) is 6.24. The van der Waals surface area contributed by atoms with Crippen LogP contribution in [0.3, 0.4) is 0 Å². The molecule has 124 valence electrons. The van der Waals surface area contributed by atoms with Gasteiger partial charge >= 0.3 is 0 Å². The summed E-state index contributed by atoms with van der Waals surface area (Å²) in [4.78, 5) is 18.5. The van der Waals surface area contributed by atoms with E-state index in [0.717, 1.165) is 17.0 Å². The summed E-state index contributed by atoms with van der Waals surface area (Å²) in [6, 6.07) is -0.212. The molecule has 2 atom stereocenters. The Balaban J connectivity index is 2.04. The summed E-state index contributed by atoms with van der Waals surface area (Å²) in [6.07, 6.45) is 1.44. The summed E-state index contributed by atoms with van der Waals surface area (Å²) in [5.74, 6) is 0.447. The molecule has 0 radical (unpaired) electrons. The van der Waals surface area contributed by atoms with Gasteiger partial charge in [0.2, 0.25) is 15.9 Å². The van der Waals surface area contributed by atoms with Gasteiger partial charge in [0.15, 0.2) is 0 Å². The molecule has 2 heterocycles. The van der Waals surface area contributed by atoms with E-state index in [0.29, 0.717) is 19.0 Å². The first-order chi connectivity index (χ1) is 10.2. The highest BCUT2D eigenvalue weighted by Crippen LogP contribution is 2.25. The molecule has 1 N–H and O–H groups in total. The molecule has 1 amide bonds. The molecule has 0 saturated carbocycles. The van der Waals surface area contributed by atoms with Crippen LogP contribution < -0.4 is 4.72 Å². The summed E-state index contributed by atoms with van der Waals surface area (Å²) >= 11 is 1.53. The monoisotopic (exact) mass is 345 g/mol. The summed E-state index contributed by atoms with van der Waals surface area (Å²) in [7, 11) is -3.28. The van der Waals surface area contributed by atoms with Crippen molar-refractivity contribution in [3.05, 3.63) is 16.1 Å². The smallest absolute Gasteiger partial charge is 0.228 e. The van der Waals surface area contributed by atoms with Gasteiger partial charge in [-0.3, -0.25) is 4.79 Å². The number of thiazole rings is 1. The third kappa shape index (κ3) is 4.50. The topological polar surface area (TPSA) is 79.4 Å². The van der Waals surface area contributed by atoms with Crippen LogP contribution in [0.1, 0.15) is 24.5 Å². The molecule has 0 spiro atoms. The average Bonchev–Trinajstić information content (AvgIpc) is 2.94. The lowest BCUT2D eigenvalue weighted by Crippen LogP contribution is -2.41. The molecule has 8 heteroatoms. The van der Waals surface area contributed by atoms with Crippen molar-refractivity contribution in [2.24, 2.45) is 11.8 Å². The van der Waals surface area contributed by atoms with Crippen molar-refractivity contribution >= 4 is 27.3 Å². The fourth-order valence-corrected chi connectivity index (χ4v) is 4.28. The van der Waals surface area contributed by atoms with Crippen molar-refractivity contribution < 1.29 is 13.2 Å².